The molecular formula is C12H13FN4. The highest BCUT2D eigenvalue weighted by Crippen LogP contribution is 2.21. The third kappa shape index (κ3) is 2.08. The molecule has 0 atom stereocenters. The predicted molar refractivity (Wildman–Crippen MR) is 63.7 cm³/mol. The maximum Gasteiger partial charge on any atom is 0.186 e. The fraction of sp³-hybridized carbons (Fsp3) is 0.250. The van der Waals surface area contributed by atoms with E-state index in [9.17, 15) is 4.39 Å². The molecule has 0 aliphatic rings. The van der Waals surface area contributed by atoms with Crippen LogP contribution >= 0.6 is 0 Å². The molecule has 88 valence electrons. The Morgan fingerprint density at radius 1 is 1.35 bits per heavy atom. The van der Waals surface area contributed by atoms with Crippen molar-refractivity contribution in [3.05, 3.63) is 35.4 Å². The largest absolute Gasteiger partial charge is 0.381 e. The zero-order chi connectivity index (χ0) is 12.4. The van der Waals surface area contributed by atoms with Crippen LogP contribution in [-0.4, -0.2) is 15.0 Å². The van der Waals surface area contributed by atoms with Gasteiger partial charge >= 0.3 is 0 Å². The van der Waals surface area contributed by atoms with Crippen LogP contribution in [0.1, 0.15) is 18.2 Å². The lowest BCUT2D eigenvalue weighted by molar-refractivity contribution is 0.608. The minimum Gasteiger partial charge on any atom is -0.381 e. The number of anilines is 1. The second kappa shape index (κ2) is 4.45. The maximum atomic E-state index is 13.3. The summed E-state index contributed by atoms with van der Waals surface area (Å²) in [6, 6.07) is 3.79. The third-order valence-corrected chi connectivity index (χ3v) is 2.53. The number of nitrogen functional groups attached to an aromatic ring is 1. The van der Waals surface area contributed by atoms with Gasteiger partial charge in [0.1, 0.15) is 5.69 Å². The van der Waals surface area contributed by atoms with E-state index in [0.29, 0.717) is 11.5 Å². The summed E-state index contributed by atoms with van der Waals surface area (Å²) in [5.74, 6) is -0.332. The molecule has 2 N–H and O–H groups in total. The molecule has 0 aliphatic heterocycles. The van der Waals surface area contributed by atoms with E-state index in [-0.39, 0.29) is 11.5 Å². The lowest BCUT2D eigenvalue weighted by Crippen LogP contribution is -2.05. The van der Waals surface area contributed by atoms with Crippen molar-refractivity contribution in [2.45, 2.75) is 20.3 Å². The molecule has 2 rings (SSSR count). The van der Waals surface area contributed by atoms with Crippen LogP contribution in [0.15, 0.2) is 18.3 Å². The molecule has 0 bridgehead atoms. The molecule has 0 fully saturated rings. The summed E-state index contributed by atoms with van der Waals surface area (Å²) >= 11 is 0. The van der Waals surface area contributed by atoms with Crippen molar-refractivity contribution in [2.75, 3.05) is 5.73 Å². The van der Waals surface area contributed by atoms with Crippen molar-refractivity contribution in [3.8, 4) is 11.5 Å². The lowest BCUT2D eigenvalue weighted by Gasteiger charge is -2.07. The van der Waals surface area contributed by atoms with Crippen molar-refractivity contribution < 1.29 is 4.39 Å². The van der Waals surface area contributed by atoms with Gasteiger partial charge in [0.25, 0.3) is 0 Å². The molecule has 2 aromatic rings. The molecule has 0 saturated carbocycles. The Morgan fingerprint density at radius 3 is 2.76 bits per heavy atom. The van der Waals surface area contributed by atoms with Crippen molar-refractivity contribution in [1.82, 2.24) is 15.0 Å². The average molecular weight is 232 g/mol. The molecule has 0 amide bonds. The van der Waals surface area contributed by atoms with Gasteiger partial charge in [0.15, 0.2) is 17.5 Å². The zero-order valence-corrected chi connectivity index (χ0v) is 9.74. The van der Waals surface area contributed by atoms with E-state index in [1.165, 1.54) is 0 Å². The number of aromatic nitrogens is 3. The standard InChI is InChI=1S/C12H13FN4/c1-3-8-5-4-6-15-10(8)12-16-7(2)9(13)11(14)17-12/h4-6H,3H2,1-2H3,(H2,14,16,17). The average Bonchev–Trinajstić information content (AvgIpc) is 2.35. The van der Waals surface area contributed by atoms with Crippen LogP contribution in [0.5, 0.6) is 0 Å². The van der Waals surface area contributed by atoms with E-state index in [2.05, 4.69) is 15.0 Å². The lowest BCUT2D eigenvalue weighted by atomic mass is 10.1. The Bertz CT molecular complexity index is 531. The predicted octanol–water partition coefficient (Wildman–Crippen LogP) is 2.13. The topological polar surface area (TPSA) is 64.7 Å². The van der Waals surface area contributed by atoms with E-state index in [0.717, 1.165) is 12.0 Å². The van der Waals surface area contributed by atoms with Crippen LogP contribution in [0.3, 0.4) is 0 Å². The van der Waals surface area contributed by atoms with E-state index in [1.807, 2.05) is 19.1 Å². The summed E-state index contributed by atoms with van der Waals surface area (Å²) in [5, 5.41) is 0. The van der Waals surface area contributed by atoms with Gasteiger partial charge in [-0.1, -0.05) is 13.0 Å². The molecule has 0 saturated heterocycles. The van der Waals surface area contributed by atoms with Gasteiger partial charge in [-0.2, -0.15) is 0 Å². The number of nitrogens with zero attached hydrogens (tertiary/aromatic N) is 3. The minimum atomic E-state index is -0.567. The molecule has 2 heterocycles. The van der Waals surface area contributed by atoms with Crippen molar-refractivity contribution in [1.29, 1.82) is 0 Å². The molecule has 5 heteroatoms. The molecule has 0 unspecified atom stereocenters. The number of nitrogens with two attached hydrogens (primary N) is 1. The Balaban J connectivity index is 2.61. The Hall–Kier alpha value is -2.04. The van der Waals surface area contributed by atoms with E-state index < -0.39 is 5.82 Å². The van der Waals surface area contributed by atoms with Crippen LogP contribution in [0.2, 0.25) is 0 Å². The van der Waals surface area contributed by atoms with Gasteiger partial charge in [-0.3, -0.25) is 4.98 Å². The number of hydrogen-bond acceptors (Lipinski definition) is 4. The summed E-state index contributed by atoms with van der Waals surface area (Å²) < 4.78 is 13.3. The summed E-state index contributed by atoms with van der Waals surface area (Å²) in [6.45, 7) is 3.58. The zero-order valence-electron chi connectivity index (χ0n) is 9.74. The number of rotatable bonds is 2. The van der Waals surface area contributed by atoms with Crippen molar-refractivity contribution in [3.63, 3.8) is 0 Å². The second-order valence-electron chi connectivity index (χ2n) is 3.70. The van der Waals surface area contributed by atoms with Gasteiger partial charge in [-0.15, -0.1) is 0 Å². The first-order valence-electron chi connectivity index (χ1n) is 5.37. The fourth-order valence-corrected chi connectivity index (χ4v) is 1.61. The first-order chi connectivity index (χ1) is 8.13. The molecule has 0 spiro atoms. The van der Waals surface area contributed by atoms with Crippen LogP contribution in [0, 0.1) is 12.7 Å². The summed E-state index contributed by atoms with van der Waals surface area (Å²) in [7, 11) is 0. The van der Waals surface area contributed by atoms with Gasteiger partial charge in [0.2, 0.25) is 0 Å². The molecule has 2 aromatic heterocycles. The third-order valence-electron chi connectivity index (χ3n) is 2.53. The van der Waals surface area contributed by atoms with E-state index >= 15 is 0 Å². The second-order valence-corrected chi connectivity index (χ2v) is 3.70. The van der Waals surface area contributed by atoms with Crippen LogP contribution in [-0.2, 0) is 6.42 Å². The van der Waals surface area contributed by atoms with Gasteiger partial charge in [-0.05, 0) is 25.0 Å². The maximum absolute atomic E-state index is 13.3. The van der Waals surface area contributed by atoms with Crippen LogP contribution in [0.25, 0.3) is 11.5 Å². The summed E-state index contributed by atoms with van der Waals surface area (Å²) in [4.78, 5) is 12.3. The number of hydrogen-bond donors (Lipinski definition) is 1. The summed E-state index contributed by atoms with van der Waals surface area (Å²) in [5.41, 5.74) is 7.40. The van der Waals surface area contributed by atoms with Gasteiger partial charge < -0.3 is 5.73 Å². The smallest absolute Gasteiger partial charge is 0.186 e. The molecule has 0 aromatic carbocycles. The van der Waals surface area contributed by atoms with Crippen molar-refractivity contribution >= 4 is 5.82 Å². The normalized spacial score (nSPS) is 10.5. The highest BCUT2D eigenvalue weighted by Gasteiger charge is 2.13. The first kappa shape index (κ1) is 11.4. The first-order valence-corrected chi connectivity index (χ1v) is 5.37. The number of halogens is 1. The molecule has 0 radical (unpaired) electrons. The van der Waals surface area contributed by atoms with Crippen LogP contribution in [0.4, 0.5) is 10.2 Å². The van der Waals surface area contributed by atoms with Gasteiger partial charge in [0, 0.05) is 6.20 Å². The van der Waals surface area contributed by atoms with Crippen molar-refractivity contribution in [2.24, 2.45) is 0 Å². The van der Waals surface area contributed by atoms with Gasteiger partial charge in [-0.25, -0.2) is 14.4 Å². The SMILES string of the molecule is CCc1cccnc1-c1nc(C)c(F)c(N)n1. The molecule has 0 aliphatic carbocycles. The monoisotopic (exact) mass is 232 g/mol. The molecule has 17 heavy (non-hydrogen) atoms. The Kier molecular flexibility index (Phi) is 2.99. The Labute approximate surface area is 98.7 Å². The van der Waals surface area contributed by atoms with E-state index in [1.54, 1.807) is 13.1 Å². The minimum absolute atomic E-state index is 0.139. The quantitative estimate of drug-likeness (QED) is 0.861. The fourth-order valence-electron chi connectivity index (χ4n) is 1.61. The molecule has 4 nitrogen and oxygen atoms in total. The highest BCUT2D eigenvalue weighted by atomic mass is 19.1. The highest BCUT2D eigenvalue weighted by molar-refractivity contribution is 5.56. The van der Waals surface area contributed by atoms with E-state index in [4.69, 9.17) is 5.73 Å². The van der Waals surface area contributed by atoms with Crippen LogP contribution < -0.4 is 5.73 Å². The van der Waals surface area contributed by atoms with Gasteiger partial charge in [0.05, 0.1) is 5.69 Å². The number of aryl methyl sites for hydroxylation is 2. The molecular weight excluding hydrogens is 219 g/mol. The number of pyridine rings is 1. The Morgan fingerprint density at radius 2 is 2.12 bits per heavy atom. The summed E-state index contributed by atoms with van der Waals surface area (Å²) in [6.07, 6.45) is 2.47.